The standard InChI is InChI=1S/C14H18FNO2/c1-14(2,17-3)6-7-18-10-12-8-11(9-16)4-5-13(12)15/h4-5,8H,6-7,10H2,1-3H3. The van der Waals surface area contributed by atoms with Crippen LogP contribution in [-0.2, 0) is 16.1 Å². The average molecular weight is 251 g/mol. The van der Waals surface area contributed by atoms with E-state index in [-0.39, 0.29) is 18.0 Å². The van der Waals surface area contributed by atoms with Crippen LogP contribution in [0.3, 0.4) is 0 Å². The summed E-state index contributed by atoms with van der Waals surface area (Å²) in [4.78, 5) is 0. The molecule has 0 amide bonds. The van der Waals surface area contributed by atoms with Gasteiger partial charge in [-0.05, 0) is 38.5 Å². The van der Waals surface area contributed by atoms with E-state index >= 15 is 0 Å². The van der Waals surface area contributed by atoms with Crippen molar-refractivity contribution in [3.8, 4) is 6.07 Å². The molecule has 0 aliphatic rings. The summed E-state index contributed by atoms with van der Waals surface area (Å²) in [6.45, 7) is 4.58. The van der Waals surface area contributed by atoms with Crippen LogP contribution in [0.1, 0.15) is 31.4 Å². The third-order valence-corrected chi connectivity index (χ3v) is 2.83. The Morgan fingerprint density at radius 1 is 1.39 bits per heavy atom. The average Bonchev–Trinajstić information content (AvgIpc) is 2.36. The molecule has 0 N–H and O–H groups in total. The van der Waals surface area contributed by atoms with Gasteiger partial charge in [-0.3, -0.25) is 0 Å². The van der Waals surface area contributed by atoms with Crippen LogP contribution in [0.15, 0.2) is 18.2 Å². The SMILES string of the molecule is COC(C)(C)CCOCc1cc(C#N)ccc1F. The van der Waals surface area contributed by atoms with E-state index in [1.807, 2.05) is 19.9 Å². The highest BCUT2D eigenvalue weighted by Crippen LogP contribution is 2.15. The molecule has 1 aromatic carbocycles. The first-order valence-electron chi connectivity index (χ1n) is 5.80. The molecule has 0 spiro atoms. The maximum absolute atomic E-state index is 13.4. The molecule has 0 bridgehead atoms. The highest BCUT2D eigenvalue weighted by atomic mass is 19.1. The molecule has 0 aromatic heterocycles. The van der Waals surface area contributed by atoms with E-state index in [0.29, 0.717) is 17.7 Å². The van der Waals surface area contributed by atoms with Crippen molar-refractivity contribution in [3.63, 3.8) is 0 Å². The van der Waals surface area contributed by atoms with E-state index in [4.69, 9.17) is 14.7 Å². The molecule has 0 unspecified atom stereocenters. The Morgan fingerprint density at radius 2 is 2.11 bits per heavy atom. The molecule has 3 nitrogen and oxygen atoms in total. The van der Waals surface area contributed by atoms with E-state index in [0.717, 1.165) is 6.42 Å². The molecular weight excluding hydrogens is 233 g/mol. The summed E-state index contributed by atoms with van der Waals surface area (Å²) in [7, 11) is 1.65. The molecule has 98 valence electrons. The summed E-state index contributed by atoms with van der Waals surface area (Å²) < 4.78 is 24.1. The summed E-state index contributed by atoms with van der Waals surface area (Å²) in [6, 6.07) is 6.23. The second-order valence-electron chi connectivity index (χ2n) is 4.68. The van der Waals surface area contributed by atoms with Gasteiger partial charge in [0.1, 0.15) is 5.82 Å². The molecule has 4 heteroatoms. The second-order valence-corrected chi connectivity index (χ2v) is 4.68. The topological polar surface area (TPSA) is 42.2 Å². The maximum Gasteiger partial charge on any atom is 0.128 e. The summed E-state index contributed by atoms with van der Waals surface area (Å²) in [5.41, 5.74) is 0.601. The molecule has 0 atom stereocenters. The van der Waals surface area contributed by atoms with E-state index in [9.17, 15) is 4.39 Å². The third-order valence-electron chi connectivity index (χ3n) is 2.83. The van der Waals surface area contributed by atoms with Crippen LogP contribution >= 0.6 is 0 Å². The monoisotopic (exact) mass is 251 g/mol. The fourth-order valence-electron chi connectivity index (χ4n) is 1.36. The number of halogens is 1. The largest absolute Gasteiger partial charge is 0.379 e. The normalized spacial score (nSPS) is 11.3. The highest BCUT2D eigenvalue weighted by Gasteiger charge is 2.15. The number of nitriles is 1. The molecule has 0 aliphatic heterocycles. The van der Waals surface area contributed by atoms with Crippen molar-refractivity contribution in [1.29, 1.82) is 5.26 Å². The summed E-state index contributed by atoms with van der Waals surface area (Å²) in [5.74, 6) is -0.347. The molecule has 0 aliphatic carbocycles. The Hall–Kier alpha value is -1.44. The Labute approximate surface area is 107 Å². The molecule has 0 saturated carbocycles. The second kappa shape index (κ2) is 6.48. The van der Waals surface area contributed by atoms with Crippen molar-refractivity contribution in [2.45, 2.75) is 32.5 Å². The number of methoxy groups -OCH3 is 1. The lowest BCUT2D eigenvalue weighted by Gasteiger charge is -2.22. The van der Waals surface area contributed by atoms with Gasteiger partial charge in [0.25, 0.3) is 0 Å². The van der Waals surface area contributed by atoms with Crippen molar-refractivity contribution in [1.82, 2.24) is 0 Å². The molecule has 0 heterocycles. The van der Waals surface area contributed by atoms with Gasteiger partial charge in [0, 0.05) is 19.3 Å². The van der Waals surface area contributed by atoms with Gasteiger partial charge in [0.2, 0.25) is 0 Å². The zero-order chi connectivity index (χ0) is 13.6. The minimum atomic E-state index is -0.347. The smallest absolute Gasteiger partial charge is 0.128 e. The van der Waals surface area contributed by atoms with E-state index in [1.54, 1.807) is 7.11 Å². The molecule has 18 heavy (non-hydrogen) atoms. The van der Waals surface area contributed by atoms with Crippen molar-refractivity contribution < 1.29 is 13.9 Å². The Kier molecular flexibility index (Phi) is 5.26. The lowest BCUT2D eigenvalue weighted by Crippen LogP contribution is -2.24. The van der Waals surface area contributed by atoms with Gasteiger partial charge >= 0.3 is 0 Å². The number of hydrogen-bond donors (Lipinski definition) is 0. The van der Waals surface area contributed by atoms with Crippen LogP contribution in [0, 0.1) is 17.1 Å². The summed E-state index contributed by atoms with van der Waals surface area (Å²) in [5, 5.41) is 8.73. The number of hydrogen-bond acceptors (Lipinski definition) is 3. The Bertz CT molecular complexity index is 438. The van der Waals surface area contributed by atoms with Crippen molar-refractivity contribution in [2.24, 2.45) is 0 Å². The van der Waals surface area contributed by atoms with Crippen LogP contribution < -0.4 is 0 Å². The van der Waals surface area contributed by atoms with Crippen molar-refractivity contribution in [3.05, 3.63) is 35.1 Å². The van der Waals surface area contributed by atoms with E-state index in [2.05, 4.69) is 0 Å². The lowest BCUT2D eigenvalue weighted by atomic mass is 10.1. The number of nitrogens with zero attached hydrogens (tertiary/aromatic N) is 1. The third kappa shape index (κ3) is 4.44. The van der Waals surface area contributed by atoms with Crippen LogP contribution in [-0.4, -0.2) is 19.3 Å². The van der Waals surface area contributed by atoms with Crippen LogP contribution in [0.4, 0.5) is 4.39 Å². The molecule has 0 fully saturated rings. The van der Waals surface area contributed by atoms with E-state index in [1.165, 1.54) is 18.2 Å². The minimum absolute atomic E-state index is 0.168. The van der Waals surface area contributed by atoms with Crippen molar-refractivity contribution in [2.75, 3.05) is 13.7 Å². The quantitative estimate of drug-likeness (QED) is 0.730. The van der Waals surface area contributed by atoms with Crippen LogP contribution in [0.5, 0.6) is 0 Å². The van der Waals surface area contributed by atoms with E-state index < -0.39 is 0 Å². The van der Waals surface area contributed by atoms with Gasteiger partial charge in [-0.25, -0.2) is 4.39 Å². The van der Waals surface area contributed by atoms with Gasteiger partial charge < -0.3 is 9.47 Å². The summed E-state index contributed by atoms with van der Waals surface area (Å²) in [6.07, 6.45) is 0.725. The first kappa shape index (κ1) is 14.6. The predicted octanol–water partition coefficient (Wildman–Crippen LogP) is 3.03. The molecular formula is C14H18FNO2. The van der Waals surface area contributed by atoms with Gasteiger partial charge in [-0.2, -0.15) is 5.26 Å². The first-order chi connectivity index (χ1) is 8.48. The fraction of sp³-hybridized carbons (Fsp3) is 0.500. The number of rotatable bonds is 6. The molecule has 0 radical (unpaired) electrons. The van der Waals surface area contributed by atoms with Crippen molar-refractivity contribution >= 4 is 0 Å². The van der Waals surface area contributed by atoms with Gasteiger partial charge in [0.05, 0.1) is 23.8 Å². The minimum Gasteiger partial charge on any atom is -0.379 e. The number of ether oxygens (including phenoxy) is 2. The van der Waals surface area contributed by atoms with Gasteiger partial charge in [-0.15, -0.1) is 0 Å². The van der Waals surface area contributed by atoms with Gasteiger partial charge in [0.15, 0.2) is 0 Å². The predicted molar refractivity (Wildman–Crippen MR) is 66.5 cm³/mol. The van der Waals surface area contributed by atoms with Gasteiger partial charge in [-0.1, -0.05) is 0 Å². The maximum atomic E-state index is 13.4. The molecule has 1 rings (SSSR count). The molecule has 1 aromatic rings. The highest BCUT2D eigenvalue weighted by molar-refractivity contribution is 5.33. The van der Waals surface area contributed by atoms with Crippen LogP contribution in [0.2, 0.25) is 0 Å². The lowest BCUT2D eigenvalue weighted by molar-refractivity contribution is -0.0127. The molecule has 0 saturated heterocycles. The Balaban J connectivity index is 2.47. The number of benzene rings is 1. The summed E-state index contributed by atoms with van der Waals surface area (Å²) >= 11 is 0. The zero-order valence-electron chi connectivity index (χ0n) is 11.0. The first-order valence-corrected chi connectivity index (χ1v) is 5.80. The zero-order valence-corrected chi connectivity index (χ0v) is 11.0. The fourth-order valence-corrected chi connectivity index (χ4v) is 1.36. The Morgan fingerprint density at radius 3 is 2.72 bits per heavy atom. The van der Waals surface area contributed by atoms with Crippen LogP contribution in [0.25, 0.3) is 0 Å².